The Labute approximate surface area is 128 Å². The summed E-state index contributed by atoms with van der Waals surface area (Å²) in [5.74, 6) is 1.06. The first-order valence-corrected chi connectivity index (χ1v) is 8.51. The van der Waals surface area contributed by atoms with Crippen molar-refractivity contribution in [2.24, 2.45) is 0 Å². The summed E-state index contributed by atoms with van der Waals surface area (Å²) in [7, 11) is 0. The Morgan fingerprint density at radius 2 is 2.25 bits per heavy atom. The molecule has 3 atom stereocenters. The summed E-state index contributed by atoms with van der Waals surface area (Å²) in [5, 5.41) is 3.77. The highest BCUT2D eigenvalue weighted by atomic mass is 79.9. The molecule has 0 aromatic heterocycles. The molecule has 2 fully saturated rings. The van der Waals surface area contributed by atoms with E-state index < -0.39 is 0 Å². The van der Waals surface area contributed by atoms with E-state index in [1.54, 1.807) is 0 Å². The number of hydrogen-bond acceptors (Lipinski definition) is 3. The molecule has 4 heteroatoms. The first kappa shape index (κ1) is 13.1. The van der Waals surface area contributed by atoms with Gasteiger partial charge in [0.25, 0.3) is 0 Å². The van der Waals surface area contributed by atoms with Crippen LogP contribution in [0.3, 0.4) is 0 Å². The number of nitrogens with zero attached hydrogens (tertiary/aromatic N) is 1. The molecule has 0 bridgehead atoms. The molecule has 3 nitrogen and oxygen atoms in total. The Morgan fingerprint density at radius 1 is 1.30 bits per heavy atom. The van der Waals surface area contributed by atoms with Crippen LogP contribution in [0.2, 0.25) is 0 Å². The molecule has 3 heterocycles. The highest BCUT2D eigenvalue weighted by Crippen LogP contribution is 2.32. The summed E-state index contributed by atoms with van der Waals surface area (Å²) < 4.78 is 7.18. The standard InChI is InChI=1S/C16H21BrN2O/c17-12-3-4-16-11(8-12)9-13(20-16)10-18-14-5-7-19-6-1-2-15(14)19/h3-4,8,13-15,18H,1-2,5-7,9-10H2. The molecule has 3 aliphatic heterocycles. The van der Waals surface area contributed by atoms with Crippen LogP contribution in [0.5, 0.6) is 5.75 Å². The van der Waals surface area contributed by atoms with E-state index in [1.165, 1.54) is 37.9 Å². The Balaban J connectivity index is 1.33. The summed E-state index contributed by atoms with van der Waals surface area (Å²) >= 11 is 3.53. The maximum absolute atomic E-state index is 6.04. The van der Waals surface area contributed by atoms with E-state index in [0.29, 0.717) is 12.1 Å². The lowest BCUT2D eigenvalue weighted by Gasteiger charge is -2.22. The van der Waals surface area contributed by atoms with Crippen molar-refractivity contribution >= 4 is 15.9 Å². The molecule has 0 saturated carbocycles. The number of rotatable bonds is 3. The lowest BCUT2D eigenvalue weighted by atomic mass is 10.1. The van der Waals surface area contributed by atoms with Crippen LogP contribution in [0.15, 0.2) is 22.7 Å². The van der Waals surface area contributed by atoms with Crippen LogP contribution in [0.4, 0.5) is 0 Å². The van der Waals surface area contributed by atoms with Crippen molar-refractivity contribution in [3.05, 3.63) is 28.2 Å². The van der Waals surface area contributed by atoms with Gasteiger partial charge in [-0.2, -0.15) is 0 Å². The number of nitrogens with one attached hydrogen (secondary N) is 1. The van der Waals surface area contributed by atoms with Crippen molar-refractivity contribution in [3.63, 3.8) is 0 Å². The van der Waals surface area contributed by atoms with Crippen LogP contribution >= 0.6 is 15.9 Å². The molecule has 108 valence electrons. The summed E-state index contributed by atoms with van der Waals surface area (Å²) in [6.45, 7) is 3.56. The maximum Gasteiger partial charge on any atom is 0.123 e. The molecule has 0 amide bonds. The van der Waals surface area contributed by atoms with Crippen LogP contribution in [0, 0.1) is 0 Å². The van der Waals surface area contributed by atoms with Gasteiger partial charge in [0.2, 0.25) is 0 Å². The van der Waals surface area contributed by atoms with Crippen LogP contribution in [0.1, 0.15) is 24.8 Å². The van der Waals surface area contributed by atoms with E-state index in [0.717, 1.165) is 29.2 Å². The topological polar surface area (TPSA) is 24.5 Å². The number of benzene rings is 1. The monoisotopic (exact) mass is 336 g/mol. The zero-order valence-electron chi connectivity index (χ0n) is 11.6. The lowest BCUT2D eigenvalue weighted by molar-refractivity contribution is 0.214. The van der Waals surface area contributed by atoms with E-state index >= 15 is 0 Å². The average molecular weight is 337 g/mol. The second-order valence-electron chi connectivity index (χ2n) is 6.24. The molecule has 1 aromatic carbocycles. The Hall–Kier alpha value is -0.580. The predicted octanol–water partition coefficient (Wildman–Crippen LogP) is 2.58. The van der Waals surface area contributed by atoms with Crippen molar-refractivity contribution in [3.8, 4) is 5.75 Å². The van der Waals surface area contributed by atoms with Crippen LogP contribution in [-0.4, -0.2) is 42.7 Å². The fourth-order valence-electron chi connectivity index (χ4n) is 4.01. The van der Waals surface area contributed by atoms with Crippen molar-refractivity contribution in [1.29, 1.82) is 0 Å². The van der Waals surface area contributed by atoms with Gasteiger partial charge in [-0.25, -0.2) is 0 Å². The number of ether oxygens (including phenoxy) is 1. The first-order chi connectivity index (χ1) is 9.79. The van der Waals surface area contributed by atoms with Gasteiger partial charge in [0, 0.05) is 36.1 Å². The fourth-order valence-corrected chi connectivity index (χ4v) is 4.41. The molecule has 0 aliphatic carbocycles. The van der Waals surface area contributed by atoms with E-state index in [4.69, 9.17) is 4.74 Å². The van der Waals surface area contributed by atoms with Gasteiger partial charge in [-0.1, -0.05) is 15.9 Å². The second-order valence-corrected chi connectivity index (χ2v) is 7.16. The van der Waals surface area contributed by atoms with Crippen molar-refractivity contribution in [1.82, 2.24) is 10.2 Å². The quantitative estimate of drug-likeness (QED) is 0.918. The Morgan fingerprint density at radius 3 is 3.20 bits per heavy atom. The SMILES string of the molecule is Brc1ccc2c(c1)CC(CNC1CCN3CCCC13)O2. The summed E-state index contributed by atoms with van der Waals surface area (Å²) in [6, 6.07) is 7.78. The van der Waals surface area contributed by atoms with Gasteiger partial charge in [-0.3, -0.25) is 4.90 Å². The third-order valence-corrected chi connectivity index (χ3v) is 5.47. The minimum Gasteiger partial charge on any atom is -0.488 e. The fraction of sp³-hybridized carbons (Fsp3) is 0.625. The molecule has 0 radical (unpaired) electrons. The molecular formula is C16H21BrN2O. The average Bonchev–Trinajstić information content (AvgIpc) is 3.10. The second kappa shape index (κ2) is 5.32. The van der Waals surface area contributed by atoms with Crippen LogP contribution in [0.25, 0.3) is 0 Å². The van der Waals surface area contributed by atoms with Gasteiger partial charge in [-0.05, 0) is 49.6 Å². The molecule has 2 saturated heterocycles. The van der Waals surface area contributed by atoms with Crippen molar-refractivity contribution in [2.75, 3.05) is 19.6 Å². The molecular weight excluding hydrogens is 316 g/mol. The van der Waals surface area contributed by atoms with Gasteiger partial charge in [0.05, 0.1) is 0 Å². The minimum atomic E-state index is 0.301. The van der Waals surface area contributed by atoms with Gasteiger partial charge in [-0.15, -0.1) is 0 Å². The normalized spacial score (nSPS) is 32.1. The van der Waals surface area contributed by atoms with E-state index in [9.17, 15) is 0 Å². The minimum absolute atomic E-state index is 0.301. The third kappa shape index (κ3) is 2.38. The highest BCUT2D eigenvalue weighted by Gasteiger charge is 2.37. The molecule has 1 N–H and O–H groups in total. The molecule has 20 heavy (non-hydrogen) atoms. The zero-order chi connectivity index (χ0) is 13.5. The van der Waals surface area contributed by atoms with Gasteiger partial charge >= 0.3 is 0 Å². The van der Waals surface area contributed by atoms with E-state index in [1.807, 2.05) is 0 Å². The maximum atomic E-state index is 6.04. The number of hydrogen-bond donors (Lipinski definition) is 1. The largest absolute Gasteiger partial charge is 0.488 e. The summed E-state index contributed by atoms with van der Waals surface area (Å²) in [5.41, 5.74) is 1.33. The third-order valence-electron chi connectivity index (χ3n) is 4.98. The number of fused-ring (bicyclic) bond motifs is 2. The van der Waals surface area contributed by atoms with Gasteiger partial charge < -0.3 is 10.1 Å². The van der Waals surface area contributed by atoms with E-state index in [2.05, 4.69) is 44.3 Å². The first-order valence-electron chi connectivity index (χ1n) is 7.72. The Kier molecular flexibility index (Phi) is 3.49. The highest BCUT2D eigenvalue weighted by molar-refractivity contribution is 9.10. The zero-order valence-corrected chi connectivity index (χ0v) is 13.2. The molecule has 0 spiro atoms. The molecule has 3 aliphatic rings. The van der Waals surface area contributed by atoms with Gasteiger partial charge in [0.1, 0.15) is 11.9 Å². The van der Waals surface area contributed by atoms with Crippen LogP contribution < -0.4 is 10.1 Å². The van der Waals surface area contributed by atoms with Gasteiger partial charge in [0.15, 0.2) is 0 Å². The summed E-state index contributed by atoms with van der Waals surface area (Å²) in [4.78, 5) is 2.65. The molecule has 3 unspecified atom stereocenters. The number of halogens is 1. The smallest absolute Gasteiger partial charge is 0.123 e. The van der Waals surface area contributed by atoms with Crippen LogP contribution in [-0.2, 0) is 6.42 Å². The predicted molar refractivity (Wildman–Crippen MR) is 83.3 cm³/mol. The van der Waals surface area contributed by atoms with E-state index in [-0.39, 0.29) is 0 Å². The Bertz CT molecular complexity index is 507. The molecule has 4 rings (SSSR count). The van der Waals surface area contributed by atoms with Crippen molar-refractivity contribution in [2.45, 2.75) is 43.9 Å². The lowest BCUT2D eigenvalue weighted by Crippen LogP contribution is -2.43. The molecule has 1 aromatic rings. The van der Waals surface area contributed by atoms with Crippen molar-refractivity contribution < 1.29 is 4.74 Å². The summed E-state index contributed by atoms with van der Waals surface area (Å²) in [6.07, 6.45) is 5.38.